The van der Waals surface area contributed by atoms with Crippen molar-refractivity contribution in [3.05, 3.63) is 0 Å². The SMILES string of the molecule is CCCCCCCCC(CCCCCCC)CCCC1(OC2(CCCC(CCCCCCC)CCCCCCCC)CCO2)CCO1. The maximum absolute atomic E-state index is 6.94. The first kappa shape index (κ1) is 43.0. The van der Waals surface area contributed by atoms with E-state index in [9.17, 15) is 0 Å². The summed E-state index contributed by atoms with van der Waals surface area (Å²) in [6.07, 6.45) is 46.1. The maximum Gasteiger partial charge on any atom is 0.173 e. The number of unbranched alkanes of at least 4 members (excludes halogenated alkanes) is 18. The van der Waals surface area contributed by atoms with Gasteiger partial charge in [-0.05, 0) is 24.7 Å². The molecule has 3 heteroatoms. The molecule has 280 valence electrons. The highest BCUT2D eigenvalue weighted by Gasteiger charge is 2.50. The summed E-state index contributed by atoms with van der Waals surface area (Å²) in [5.41, 5.74) is 0. The largest absolute Gasteiger partial charge is 0.349 e. The molecule has 2 saturated heterocycles. The average molecular weight is 663 g/mol. The standard InChI is InChI=1S/C44H86O3/c1-5-9-13-17-21-25-31-41(29-23-19-15-11-7-3)33-27-35-43(37-39-45-43)47-44(38-40-46-44)36-28-34-42(30-24-20-16-12-8-4)32-26-22-18-14-10-6-2/h41-42H,5-40H2,1-4H3. The summed E-state index contributed by atoms with van der Waals surface area (Å²) >= 11 is 0. The van der Waals surface area contributed by atoms with Crippen LogP contribution in [0, 0.1) is 11.8 Å². The Morgan fingerprint density at radius 1 is 0.383 bits per heavy atom. The molecule has 2 fully saturated rings. The molecule has 2 aliphatic rings. The van der Waals surface area contributed by atoms with Crippen LogP contribution in [0.1, 0.15) is 246 Å². The van der Waals surface area contributed by atoms with Crippen molar-refractivity contribution in [3.8, 4) is 0 Å². The summed E-state index contributed by atoms with van der Waals surface area (Å²) in [6.45, 7) is 11.0. The molecule has 2 heterocycles. The van der Waals surface area contributed by atoms with Gasteiger partial charge < -0.3 is 14.2 Å². The number of rotatable bonds is 36. The molecule has 4 unspecified atom stereocenters. The molecule has 0 spiro atoms. The summed E-state index contributed by atoms with van der Waals surface area (Å²) in [5.74, 6) is 1.03. The lowest BCUT2D eigenvalue weighted by Gasteiger charge is -2.52. The van der Waals surface area contributed by atoms with E-state index in [1.165, 1.54) is 193 Å². The first-order valence-electron chi connectivity index (χ1n) is 22.1. The van der Waals surface area contributed by atoms with Crippen molar-refractivity contribution in [1.82, 2.24) is 0 Å². The molecular formula is C44H86O3. The van der Waals surface area contributed by atoms with E-state index < -0.39 is 0 Å². The molecule has 0 aromatic carbocycles. The first-order valence-corrected chi connectivity index (χ1v) is 22.1. The topological polar surface area (TPSA) is 27.7 Å². The molecule has 0 radical (unpaired) electrons. The van der Waals surface area contributed by atoms with Crippen LogP contribution >= 0.6 is 0 Å². The molecular weight excluding hydrogens is 576 g/mol. The molecule has 0 bridgehead atoms. The number of hydrogen-bond donors (Lipinski definition) is 0. The van der Waals surface area contributed by atoms with Crippen molar-refractivity contribution in [1.29, 1.82) is 0 Å². The minimum Gasteiger partial charge on any atom is -0.349 e. The zero-order valence-corrected chi connectivity index (χ0v) is 32.8. The summed E-state index contributed by atoms with van der Waals surface area (Å²) in [6, 6.07) is 0. The van der Waals surface area contributed by atoms with Crippen molar-refractivity contribution >= 4 is 0 Å². The normalized spacial score (nSPS) is 22.2. The van der Waals surface area contributed by atoms with Crippen molar-refractivity contribution < 1.29 is 14.2 Å². The third-order valence-corrected chi connectivity index (χ3v) is 11.8. The highest BCUT2D eigenvalue weighted by molar-refractivity contribution is 4.87. The third-order valence-electron chi connectivity index (χ3n) is 11.8. The van der Waals surface area contributed by atoms with Crippen LogP contribution in [0.2, 0.25) is 0 Å². The minimum atomic E-state index is -0.372. The molecule has 0 aromatic heterocycles. The summed E-state index contributed by atoms with van der Waals surface area (Å²) in [7, 11) is 0. The molecule has 0 aliphatic carbocycles. The first-order chi connectivity index (χ1) is 23.1. The van der Waals surface area contributed by atoms with E-state index in [0.29, 0.717) is 0 Å². The van der Waals surface area contributed by atoms with Crippen LogP contribution in [0.5, 0.6) is 0 Å². The van der Waals surface area contributed by atoms with E-state index in [4.69, 9.17) is 14.2 Å². The Balaban J connectivity index is 1.80. The third kappa shape index (κ3) is 20.4. The van der Waals surface area contributed by atoms with Gasteiger partial charge >= 0.3 is 0 Å². The molecule has 0 N–H and O–H groups in total. The van der Waals surface area contributed by atoms with Crippen LogP contribution < -0.4 is 0 Å². The average Bonchev–Trinajstić information content (AvgIpc) is 3.04. The van der Waals surface area contributed by atoms with Gasteiger partial charge in [-0.2, -0.15) is 0 Å². The van der Waals surface area contributed by atoms with Crippen LogP contribution in [0.4, 0.5) is 0 Å². The van der Waals surface area contributed by atoms with Crippen LogP contribution in [0.25, 0.3) is 0 Å². The van der Waals surface area contributed by atoms with Gasteiger partial charge in [0.05, 0.1) is 13.2 Å². The Kier molecular flexibility index (Phi) is 26.2. The fourth-order valence-corrected chi connectivity index (χ4v) is 8.34. The van der Waals surface area contributed by atoms with Crippen LogP contribution in [0.3, 0.4) is 0 Å². The number of hydrogen-bond acceptors (Lipinski definition) is 3. The van der Waals surface area contributed by atoms with Crippen molar-refractivity contribution in [2.24, 2.45) is 11.8 Å². The van der Waals surface area contributed by atoms with Gasteiger partial charge in [-0.25, -0.2) is 0 Å². The highest BCUT2D eigenvalue weighted by atomic mass is 16.8. The van der Waals surface area contributed by atoms with Crippen LogP contribution in [-0.4, -0.2) is 24.8 Å². The van der Waals surface area contributed by atoms with Gasteiger partial charge in [0.1, 0.15) is 0 Å². The molecule has 4 atom stereocenters. The monoisotopic (exact) mass is 663 g/mol. The van der Waals surface area contributed by atoms with Gasteiger partial charge in [-0.15, -0.1) is 0 Å². The van der Waals surface area contributed by atoms with E-state index in [0.717, 1.165) is 50.7 Å². The quantitative estimate of drug-likeness (QED) is 0.0625. The van der Waals surface area contributed by atoms with Gasteiger partial charge in [-0.1, -0.05) is 207 Å². The minimum absolute atomic E-state index is 0.372. The van der Waals surface area contributed by atoms with Crippen LogP contribution in [0.15, 0.2) is 0 Å². The van der Waals surface area contributed by atoms with Gasteiger partial charge in [0.25, 0.3) is 0 Å². The Morgan fingerprint density at radius 2 is 0.638 bits per heavy atom. The molecule has 2 rings (SSSR count). The molecule has 3 nitrogen and oxygen atoms in total. The Hall–Kier alpha value is -0.120. The van der Waals surface area contributed by atoms with E-state index in [1.807, 2.05) is 0 Å². The molecule has 0 amide bonds. The smallest absolute Gasteiger partial charge is 0.173 e. The Morgan fingerprint density at radius 3 is 0.894 bits per heavy atom. The summed E-state index contributed by atoms with van der Waals surface area (Å²) in [4.78, 5) is 0. The fraction of sp³-hybridized carbons (Fsp3) is 1.00. The molecule has 47 heavy (non-hydrogen) atoms. The van der Waals surface area contributed by atoms with Gasteiger partial charge in [0, 0.05) is 25.7 Å². The van der Waals surface area contributed by atoms with Crippen molar-refractivity contribution in [2.45, 2.75) is 258 Å². The van der Waals surface area contributed by atoms with Crippen molar-refractivity contribution in [2.75, 3.05) is 13.2 Å². The van der Waals surface area contributed by atoms with E-state index in [-0.39, 0.29) is 11.6 Å². The molecule has 2 aliphatic heterocycles. The second-order valence-corrected chi connectivity index (χ2v) is 16.2. The second kappa shape index (κ2) is 28.6. The lowest BCUT2D eigenvalue weighted by molar-refractivity contribution is -0.432. The van der Waals surface area contributed by atoms with Gasteiger partial charge in [0.2, 0.25) is 0 Å². The lowest BCUT2D eigenvalue weighted by atomic mass is 9.87. The summed E-state index contributed by atoms with van der Waals surface area (Å²) in [5, 5.41) is 0. The van der Waals surface area contributed by atoms with Crippen LogP contribution in [-0.2, 0) is 14.2 Å². The van der Waals surface area contributed by atoms with Crippen molar-refractivity contribution in [3.63, 3.8) is 0 Å². The zero-order valence-electron chi connectivity index (χ0n) is 32.8. The Bertz CT molecular complexity index is 613. The van der Waals surface area contributed by atoms with E-state index in [2.05, 4.69) is 27.7 Å². The maximum atomic E-state index is 6.94. The van der Waals surface area contributed by atoms with E-state index >= 15 is 0 Å². The number of ether oxygens (including phenoxy) is 3. The fourth-order valence-electron chi connectivity index (χ4n) is 8.34. The molecule has 0 aromatic rings. The van der Waals surface area contributed by atoms with Gasteiger partial charge in [0.15, 0.2) is 11.6 Å². The highest BCUT2D eigenvalue weighted by Crippen LogP contribution is 2.44. The molecule has 0 saturated carbocycles. The predicted molar refractivity (Wildman–Crippen MR) is 205 cm³/mol. The van der Waals surface area contributed by atoms with Gasteiger partial charge in [-0.3, -0.25) is 0 Å². The van der Waals surface area contributed by atoms with E-state index in [1.54, 1.807) is 0 Å². The zero-order chi connectivity index (χ0) is 33.7. The predicted octanol–water partition coefficient (Wildman–Crippen LogP) is 15.0. The Labute approximate surface area is 296 Å². The summed E-state index contributed by atoms with van der Waals surface area (Å²) < 4.78 is 19.5. The second-order valence-electron chi connectivity index (χ2n) is 16.2. The lowest BCUT2D eigenvalue weighted by Crippen LogP contribution is -2.57.